The Morgan fingerprint density at radius 1 is 0.900 bits per heavy atom. The van der Waals surface area contributed by atoms with Crippen molar-refractivity contribution in [1.29, 1.82) is 0 Å². The molecule has 0 atom stereocenters. The summed E-state index contributed by atoms with van der Waals surface area (Å²) >= 11 is 0. The molecule has 0 saturated carbocycles. The topological polar surface area (TPSA) is 6.48 Å². The van der Waals surface area contributed by atoms with Crippen LogP contribution in [0.3, 0.4) is 0 Å². The van der Waals surface area contributed by atoms with Crippen LogP contribution in [0.1, 0.15) is 29.2 Å². The van der Waals surface area contributed by atoms with Gasteiger partial charge in [-0.25, -0.2) is 0 Å². The Hall–Kier alpha value is -1.96. The molecule has 2 heteroatoms. The number of nitrogens with zero attached hydrogens (tertiary/aromatic N) is 2. The fourth-order valence-electron chi connectivity index (χ4n) is 3.48. The number of rotatable bonds is 1. The second kappa shape index (κ2) is 4.27. The minimum atomic E-state index is 1.02. The highest BCUT2D eigenvalue weighted by Crippen LogP contribution is 2.38. The van der Waals surface area contributed by atoms with E-state index in [0.717, 1.165) is 26.2 Å². The second-order valence-corrected chi connectivity index (χ2v) is 5.99. The maximum Gasteiger partial charge on any atom is 0.0910 e. The monoisotopic (exact) mass is 264 g/mol. The van der Waals surface area contributed by atoms with Crippen molar-refractivity contribution >= 4 is 11.4 Å². The van der Waals surface area contributed by atoms with E-state index in [4.69, 9.17) is 0 Å². The third kappa shape index (κ3) is 1.71. The van der Waals surface area contributed by atoms with Gasteiger partial charge in [0.1, 0.15) is 0 Å². The van der Waals surface area contributed by atoms with Crippen molar-refractivity contribution in [2.24, 2.45) is 0 Å². The average molecular weight is 264 g/mol. The molecule has 0 unspecified atom stereocenters. The van der Waals surface area contributed by atoms with Gasteiger partial charge in [-0.2, -0.15) is 0 Å². The Labute approximate surface area is 120 Å². The number of benzene rings is 2. The van der Waals surface area contributed by atoms with E-state index in [-0.39, 0.29) is 0 Å². The smallest absolute Gasteiger partial charge is 0.0910 e. The molecule has 2 aromatic carbocycles. The molecule has 0 spiro atoms. The summed E-state index contributed by atoms with van der Waals surface area (Å²) in [6.45, 7) is 7.50. The van der Waals surface area contributed by atoms with E-state index in [9.17, 15) is 0 Å². The van der Waals surface area contributed by atoms with Crippen LogP contribution in [0.2, 0.25) is 0 Å². The summed E-state index contributed by atoms with van der Waals surface area (Å²) < 4.78 is 0. The Kier molecular flexibility index (Phi) is 2.53. The third-order valence-electron chi connectivity index (χ3n) is 4.53. The summed E-state index contributed by atoms with van der Waals surface area (Å²) in [6.07, 6.45) is 1.11. The maximum absolute atomic E-state index is 2.50. The first-order valence-electron chi connectivity index (χ1n) is 7.46. The summed E-state index contributed by atoms with van der Waals surface area (Å²) in [4.78, 5) is 5.00. The molecule has 2 aliphatic heterocycles. The van der Waals surface area contributed by atoms with Crippen LogP contribution in [0, 0.1) is 6.92 Å². The van der Waals surface area contributed by atoms with E-state index in [0.29, 0.717) is 0 Å². The molecular weight excluding hydrogens is 244 g/mol. The Morgan fingerprint density at radius 3 is 2.25 bits per heavy atom. The fourth-order valence-corrected chi connectivity index (χ4v) is 3.48. The molecule has 2 aromatic rings. The van der Waals surface area contributed by atoms with E-state index in [2.05, 4.69) is 60.0 Å². The highest BCUT2D eigenvalue weighted by atomic mass is 15.4. The first-order chi connectivity index (χ1) is 9.74. The van der Waals surface area contributed by atoms with Crippen molar-refractivity contribution in [3.8, 4) is 0 Å². The van der Waals surface area contributed by atoms with E-state index >= 15 is 0 Å². The molecule has 0 radical (unpaired) electrons. The van der Waals surface area contributed by atoms with Crippen LogP contribution in [0.5, 0.6) is 0 Å². The number of anilines is 2. The quantitative estimate of drug-likeness (QED) is 0.772. The fraction of sp³-hybridized carbons (Fsp3) is 0.333. The lowest BCUT2D eigenvalue weighted by molar-refractivity contribution is 0.650. The molecule has 0 aromatic heterocycles. The van der Waals surface area contributed by atoms with E-state index in [1.54, 1.807) is 0 Å². The van der Waals surface area contributed by atoms with Crippen molar-refractivity contribution < 1.29 is 0 Å². The standard InChI is InChI=1S/C18H20N2/c1-3-14-5-7-18-16(9-14)11-20-12-19(18)10-15-8-13(2)4-6-17(15)20/h4-9H,3,10-12H2,1-2H3. The van der Waals surface area contributed by atoms with Crippen LogP contribution >= 0.6 is 0 Å². The molecule has 0 N–H and O–H groups in total. The normalized spacial score (nSPS) is 15.9. The molecule has 0 amide bonds. The summed E-state index contributed by atoms with van der Waals surface area (Å²) in [5.41, 5.74) is 8.57. The Balaban J connectivity index is 1.80. The molecule has 2 heterocycles. The first-order valence-corrected chi connectivity index (χ1v) is 7.46. The molecule has 2 nitrogen and oxygen atoms in total. The van der Waals surface area contributed by atoms with Crippen molar-refractivity contribution in [3.05, 3.63) is 58.7 Å². The summed E-state index contributed by atoms with van der Waals surface area (Å²) in [7, 11) is 0. The van der Waals surface area contributed by atoms with E-state index in [1.807, 2.05) is 0 Å². The molecule has 102 valence electrons. The summed E-state index contributed by atoms with van der Waals surface area (Å²) in [6, 6.07) is 13.8. The highest BCUT2D eigenvalue weighted by Gasteiger charge is 2.29. The Bertz CT molecular complexity index is 675. The second-order valence-electron chi connectivity index (χ2n) is 5.99. The zero-order chi connectivity index (χ0) is 13.7. The maximum atomic E-state index is 2.50. The Morgan fingerprint density at radius 2 is 1.55 bits per heavy atom. The van der Waals surface area contributed by atoms with Gasteiger partial charge >= 0.3 is 0 Å². The van der Waals surface area contributed by atoms with Crippen LogP contribution in [0.4, 0.5) is 11.4 Å². The van der Waals surface area contributed by atoms with Gasteiger partial charge in [-0.15, -0.1) is 0 Å². The van der Waals surface area contributed by atoms with Gasteiger partial charge in [0.15, 0.2) is 0 Å². The van der Waals surface area contributed by atoms with Crippen LogP contribution in [-0.2, 0) is 19.5 Å². The van der Waals surface area contributed by atoms with Crippen molar-refractivity contribution in [1.82, 2.24) is 0 Å². The van der Waals surface area contributed by atoms with Crippen molar-refractivity contribution in [3.63, 3.8) is 0 Å². The molecular formula is C18H20N2. The van der Waals surface area contributed by atoms with Gasteiger partial charge in [-0.3, -0.25) is 0 Å². The average Bonchev–Trinajstić information content (AvgIpc) is 2.46. The van der Waals surface area contributed by atoms with E-state index < -0.39 is 0 Å². The molecule has 20 heavy (non-hydrogen) atoms. The number of fused-ring (bicyclic) bond motifs is 6. The molecule has 0 fully saturated rings. The predicted octanol–water partition coefficient (Wildman–Crippen LogP) is 3.86. The molecule has 0 aliphatic carbocycles. The molecule has 2 aliphatic rings. The van der Waals surface area contributed by atoms with Crippen LogP contribution in [0.25, 0.3) is 0 Å². The summed E-state index contributed by atoms with van der Waals surface area (Å²) in [5.74, 6) is 0. The zero-order valence-corrected chi connectivity index (χ0v) is 12.2. The van der Waals surface area contributed by atoms with Crippen molar-refractivity contribution in [2.75, 3.05) is 16.5 Å². The van der Waals surface area contributed by atoms with Crippen LogP contribution < -0.4 is 9.80 Å². The first kappa shape index (κ1) is 11.8. The van der Waals surface area contributed by atoms with Crippen LogP contribution in [-0.4, -0.2) is 6.67 Å². The molecule has 2 bridgehead atoms. The lowest BCUT2D eigenvalue weighted by atomic mass is 9.98. The van der Waals surface area contributed by atoms with Gasteiger partial charge in [-0.05, 0) is 42.2 Å². The van der Waals surface area contributed by atoms with Gasteiger partial charge in [0.2, 0.25) is 0 Å². The van der Waals surface area contributed by atoms with Crippen molar-refractivity contribution in [2.45, 2.75) is 33.4 Å². The van der Waals surface area contributed by atoms with Gasteiger partial charge in [0, 0.05) is 24.5 Å². The van der Waals surface area contributed by atoms with Gasteiger partial charge in [0.25, 0.3) is 0 Å². The third-order valence-corrected chi connectivity index (χ3v) is 4.53. The number of hydrogen-bond acceptors (Lipinski definition) is 2. The number of aryl methyl sites for hydroxylation is 2. The molecule has 4 rings (SSSR count). The lowest BCUT2D eigenvalue weighted by Crippen LogP contribution is -2.46. The van der Waals surface area contributed by atoms with Gasteiger partial charge in [-0.1, -0.05) is 36.8 Å². The summed E-state index contributed by atoms with van der Waals surface area (Å²) in [5, 5.41) is 0. The van der Waals surface area contributed by atoms with E-state index in [1.165, 1.54) is 33.6 Å². The van der Waals surface area contributed by atoms with Gasteiger partial charge in [0.05, 0.1) is 6.67 Å². The minimum absolute atomic E-state index is 1.02. The molecule has 0 saturated heterocycles. The largest absolute Gasteiger partial charge is 0.349 e. The lowest BCUT2D eigenvalue weighted by Gasteiger charge is -2.45. The van der Waals surface area contributed by atoms with Crippen LogP contribution in [0.15, 0.2) is 36.4 Å². The number of hydrogen-bond donors (Lipinski definition) is 0. The van der Waals surface area contributed by atoms with Gasteiger partial charge < -0.3 is 9.80 Å². The SMILES string of the molecule is CCc1ccc2c(c1)CN1CN2Cc2cc(C)ccc21. The highest BCUT2D eigenvalue weighted by molar-refractivity contribution is 5.68. The predicted molar refractivity (Wildman–Crippen MR) is 84.2 cm³/mol. The zero-order valence-electron chi connectivity index (χ0n) is 12.2. The minimum Gasteiger partial charge on any atom is -0.349 e.